The van der Waals surface area contributed by atoms with Gasteiger partial charge in [0.15, 0.2) is 0 Å². The van der Waals surface area contributed by atoms with Gasteiger partial charge in [0.05, 0.1) is 5.56 Å². The highest BCUT2D eigenvalue weighted by Gasteiger charge is 2.30. The summed E-state index contributed by atoms with van der Waals surface area (Å²) < 4.78 is 38.8. The molecule has 180 valence electrons. The van der Waals surface area contributed by atoms with Crippen molar-refractivity contribution in [3.05, 3.63) is 70.8 Å². The Morgan fingerprint density at radius 1 is 1.09 bits per heavy atom. The fourth-order valence-electron chi connectivity index (χ4n) is 4.26. The van der Waals surface area contributed by atoms with E-state index in [1.165, 1.54) is 17.7 Å². The van der Waals surface area contributed by atoms with Gasteiger partial charge in [-0.05, 0) is 62.6 Å². The molecule has 1 amide bonds. The van der Waals surface area contributed by atoms with E-state index < -0.39 is 11.7 Å². The van der Waals surface area contributed by atoms with Crippen LogP contribution in [-0.4, -0.2) is 47.4 Å². The Kier molecular flexibility index (Phi) is 8.54. The summed E-state index contributed by atoms with van der Waals surface area (Å²) in [6, 6.07) is 13.8. The van der Waals surface area contributed by atoms with Crippen LogP contribution in [0.5, 0.6) is 0 Å². The second kappa shape index (κ2) is 11.2. The van der Waals surface area contributed by atoms with Crippen LogP contribution in [-0.2, 0) is 19.3 Å². The molecule has 0 saturated carbocycles. The lowest BCUT2D eigenvalue weighted by Gasteiger charge is -2.32. The number of carbonyl (C=O) groups is 1. The van der Waals surface area contributed by atoms with E-state index in [-0.39, 0.29) is 11.9 Å². The first-order valence-corrected chi connectivity index (χ1v) is 11.7. The molecule has 4 nitrogen and oxygen atoms in total. The molecule has 0 atom stereocenters. The third-order valence-corrected chi connectivity index (χ3v) is 6.32. The normalized spacial score (nSPS) is 15.9. The molecule has 1 heterocycles. The summed E-state index contributed by atoms with van der Waals surface area (Å²) in [6.07, 6.45) is -2.76. The number of likely N-dealkylation sites (tertiary alicyclic amines) is 1. The number of piperidine rings is 1. The standard InChI is InChI=1S/C26H34F3N3O/c1-4-32(19(2)3)18-20-8-10-22(11-9-20)25(33)30-24-12-14-31(15-13-24)17-21-6-5-7-23(16-21)26(27,28)29/h5-11,16,19,24H,4,12-15,17-18H2,1-3H3,(H,30,33). The number of amides is 1. The molecule has 1 saturated heterocycles. The smallest absolute Gasteiger partial charge is 0.349 e. The zero-order valence-electron chi connectivity index (χ0n) is 19.7. The van der Waals surface area contributed by atoms with Gasteiger partial charge < -0.3 is 5.32 Å². The Labute approximate surface area is 194 Å². The van der Waals surface area contributed by atoms with Crippen LogP contribution in [0.15, 0.2) is 48.5 Å². The molecule has 3 rings (SSSR count). The molecule has 0 radical (unpaired) electrons. The van der Waals surface area contributed by atoms with Crippen molar-refractivity contribution in [3.8, 4) is 0 Å². The van der Waals surface area contributed by atoms with Crippen LogP contribution in [0.4, 0.5) is 13.2 Å². The van der Waals surface area contributed by atoms with Gasteiger partial charge >= 0.3 is 6.18 Å². The SMILES string of the molecule is CCN(Cc1ccc(C(=O)NC2CCN(Cc3cccc(C(F)(F)F)c3)CC2)cc1)C(C)C. The lowest BCUT2D eigenvalue weighted by atomic mass is 10.0. The fraction of sp³-hybridized carbons (Fsp3) is 0.500. The van der Waals surface area contributed by atoms with E-state index in [0.717, 1.165) is 45.1 Å². The van der Waals surface area contributed by atoms with E-state index in [4.69, 9.17) is 0 Å². The van der Waals surface area contributed by atoms with Crippen LogP contribution in [0.1, 0.15) is 60.7 Å². The third kappa shape index (κ3) is 7.30. The molecule has 0 unspecified atom stereocenters. The number of hydrogen-bond acceptors (Lipinski definition) is 3. The first kappa shape index (κ1) is 25.2. The molecule has 1 aliphatic heterocycles. The Balaban J connectivity index is 1.47. The maximum atomic E-state index is 12.9. The predicted molar refractivity (Wildman–Crippen MR) is 125 cm³/mol. The van der Waals surface area contributed by atoms with Crippen molar-refractivity contribution in [2.45, 2.75) is 65.0 Å². The van der Waals surface area contributed by atoms with Crippen LogP contribution >= 0.6 is 0 Å². The van der Waals surface area contributed by atoms with Crippen LogP contribution < -0.4 is 5.32 Å². The van der Waals surface area contributed by atoms with Gasteiger partial charge in [0.2, 0.25) is 0 Å². The van der Waals surface area contributed by atoms with E-state index in [1.807, 2.05) is 24.3 Å². The number of benzene rings is 2. The van der Waals surface area contributed by atoms with Crippen molar-refractivity contribution in [1.29, 1.82) is 0 Å². The van der Waals surface area contributed by atoms with Crippen molar-refractivity contribution in [2.24, 2.45) is 0 Å². The van der Waals surface area contributed by atoms with Gasteiger partial charge in [-0.3, -0.25) is 14.6 Å². The van der Waals surface area contributed by atoms with Crippen LogP contribution in [0, 0.1) is 0 Å². The Morgan fingerprint density at radius 2 is 1.76 bits per heavy atom. The van der Waals surface area contributed by atoms with Gasteiger partial charge in [-0.1, -0.05) is 37.3 Å². The summed E-state index contributed by atoms with van der Waals surface area (Å²) in [5, 5.41) is 3.11. The highest BCUT2D eigenvalue weighted by Crippen LogP contribution is 2.30. The molecule has 7 heteroatoms. The van der Waals surface area contributed by atoms with Gasteiger partial charge in [-0.25, -0.2) is 0 Å². The zero-order valence-corrected chi connectivity index (χ0v) is 19.7. The number of nitrogens with zero attached hydrogens (tertiary/aromatic N) is 2. The topological polar surface area (TPSA) is 35.6 Å². The van der Waals surface area contributed by atoms with Crippen molar-refractivity contribution < 1.29 is 18.0 Å². The molecule has 1 fully saturated rings. The Morgan fingerprint density at radius 3 is 2.33 bits per heavy atom. The second-order valence-electron chi connectivity index (χ2n) is 9.08. The van der Waals surface area contributed by atoms with E-state index in [1.54, 1.807) is 6.07 Å². The predicted octanol–water partition coefficient (Wildman–Crippen LogP) is 5.33. The number of rotatable bonds is 8. The van der Waals surface area contributed by atoms with Gasteiger partial charge in [-0.2, -0.15) is 13.2 Å². The van der Waals surface area contributed by atoms with Crippen LogP contribution in [0.25, 0.3) is 0 Å². The molecule has 0 aliphatic carbocycles. The van der Waals surface area contributed by atoms with Gasteiger partial charge in [0, 0.05) is 43.8 Å². The van der Waals surface area contributed by atoms with Gasteiger partial charge in [-0.15, -0.1) is 0 Å². The minimum Gasteiger partial charge on any atom is -0.349 e. The Bertz CT molecular complexity index is 904. The summed E-state index contributed by atoms with van der Waals surface area (Å²) >= 11 is 0. The van der Waals surface area contributed by atoms with E-state index in [2.05, 4.69) is 35.9 Å². The lowest BCUT2D eigenvalue weighted by Crippen LogP contribution is -2.44. The average molecular weight is 462 g/mol. The molecule has 0 aromatic heterocycles. The number of halogens is 3. The van der Waals surface area contributed by atoms with E-state index in [9.17, 15) is 18.0 Å². The molecule has 0 spiro atoms. The number of nitrogens with one attached hydrogen (secondary N) is 1. The average Bonchev–Trinajstić information content (AvgIpc) is 2.78. The van der Waals surface area contributed by atoms with Crippen molar-refractivity contribution in [1.82, 2.24) is 15.1 Å². The second-order valence-corrected chi connectivity index (χ2v) is 9.08. The fourth-order valence-corrected chi connectivity index (χ4v) is 4.26. The maximum Gasteiger partial charge on any atom is 0.416 e. The summed E-state index contributed by atoms with van der Waals surface area (Å²) in [5.41, 5.74) is 1.88. The zero-order chi connectivity index (χ0) is 24.0. The highest BCUT2D eigenvalue weighted by molar-refractivity contribution is 5.94. The van der Waals surface area contributed by atoms with Gasteiger partial charge in [0.1, 0.15) is 0 Å². The molecule has 2 aromatic carbocycles. The number of alkyl halides is 3. The molecular formula is C26H34F3N3O. The summed E-state index contributed by atoms with van der Waals surface area (Å²) in [7, 11) is 0. The minimum absolute atomic E-state index is 0.0749. The number of carbonyl (C=O) groups excluding carboxylic acids is 1. The first-order valence-electron chi connectivity index (χ1n) is 11.7. The first-order chi connectivity index (χ1) is 15.7. The van der Waals surface area contributed by atoms with E-state index >= 15 is 0 Å². The maximum absolute atomic E-state index is 12.9. The molecule has 33 heavy (non-hydrogen) atoms. The Hall–Kier alpha value is -2.38. The summed E-state index contributed by atoms with van der Waals surface area (Å²) in [5.74, 6) is -0.0749. The monoisotopic (exact) mass is 461 g/mol. The van der Waals surface area contributed by atoms with Crippen LogP contribution in [0.3, 0.4) is 0 Å². The van der Waals surface area contributed by atoms with Gasteiger partial charge in [0.25, 0.3) is 5.91 Å². The van der Waals surface area contributed by atoms with Crippen molar-refractivity contribution >= 4 is 5.91 Å². The third-order valence-electron chi connectivity index (χ3n) is 6.32. The largest absolute Gasteiger partial charge is 0.416 e. The molecule has 0 bridgehead atoms. The quantitative estimate of drug-likeness (QED) is 0.577. The van der Waals surface area contributed by atoms with Crippen LogP contribution in [0.2, 0.25) is 0 Å². The number of hydrogen-bond donors (Lipinski definition) is 1. The highest BCUT2D eigenvalue weighted by atomic mass is 19.4. The van der Waals surface area contributed by atoms with Crippen molar-refractivity contribution in [2.75, 3.05) is 19.6 Å². The molecule has 1 aliphatic rings. The van der Waals surface area contributed by atoms with E-state index in [0.29, 0.717) is 23.7 Å². The lowest BCUT2D eigenvalue weighted by molar-refractivity contribution is -0.137. The molecular weight excluding hydrogens is 427 g/mol. The molecule has 2 aromatic rings. The minimum atomic E-state index is -4.32. The van der Waals surface area contributed by atoms with Crippen molar-refractivity contribution in [3.63, 3.8) is 0 Å². The molecule has 1 N–H and O–H groups in total. The summed E-state index contributed by atoms with van der Waals surface area (Å²) in [6.45, 7) is 10.3. The summed E-state index contributed by atoms with van der Waals surface area (Å²) in [4.78, 5) is 17.2.